The fraction of sp³-hybridized carbons (Fsp3) is 0.375. The van der Waals surface area contributed by atoms with Gasteiger partial charge in [0.05, 0.1) is 0 Å². The molecule has 0 aromatic heterocycles. The summed E-state index contributed by atoms with van der Waals surface area (Å²) in [5, 5.41) is 6.24. The van der Waals surface area contributed by atoms with Crippen LogP contribution in [-0.4, -0.2) is 36.9 Å². The van der Waals surface area contributed by atoms with E-state index in [4.69, 9.17) is 17.3 Å². The number of hydrogen-bond acceptors (Lipinski definition) is 4. The Morgan fingerprint density at radius 1 is 1.00 bits per heavy atom. The van der Waals surface area contributed by atoms with Crippen LogP contribution in [0, 0.1) is 11.8 Å². The molecule has 1 aliphatic heterocycles. The van der Waals surface area contributed by atoms with Crippen LogP contribution in [0.15, 0.2) is 48.5 Å². The number of nitrogens with zero attached hydrogens (tertiary/aromatic N) is 1. The van der Waals surface area contributed by atoms with Crippen LogP contribution >= 0.6 is 11.6 Å². The fourth-order valence-electron chi connectivity index (χ4n) is 3.76. The van der Waals surface area contributed by atoms with Gasteiger partial charge in [-0.3, -0.25) is 14.4 Å². The summed E-state index contributed by atoms with van der Waals surface area (Å²) in [6, 6.07) is 13.4. The van der Waals surface area contributed by atoms with Gasteiger partial charge in [0.2, 0.25) is 11.8 Å². The monoisotopic (exact) mass is 456 g/mol. The van der Waals surface area contributed by atoms with Crippen LogP contribution in [0.2, 0.25) is 5.02 Å². The average molecular weight is 457 g/mol. The van der Waals surface area contributed by atoms with E-state index in [9.17, 15) is 14.4 Å². The first-order chi connectivity index (χ1) is 15.2. The summed E-state index contributed by atoms with van der Waals surface area (Å²) >= 11 is 5.88. The highest BCUT2D eigenvalue weighted by molar-refractivity contribution is 6.30. The largest absolute Gasteiger partial charge is 0.371 e. The highest BCUT2D eigenvalue weighted by Gasteiger charge is 2.25. The number of benzene rings is 2. The number of carbonyl (C=O) groups is 3. The molecule has 170 valence electrons. The van der Waals surface area contributed by atoms with Crippen LogP contribution < -0.4 is 21.3 Å². The quantitative estimate of drug-likeness (QED) is 0.593. The van der Waals surface area contributed by atoms with Crippen molar-refractivity contribution in [2.75, 3.05) is 23.3 Å². The topological polar surface area (TPSA) is 105 Å². The van der Waals surface area contributed by atoms with E-state index < -0.39 is 6.04 Å². The Bertz CT molecular complexity index is 952. The van der Waals surface area contributed by atoms with Crippen molar-refractivity contribution >= 4 is 40.7 Å². The maximum Gasteiger partial charge on any atom is 0.251 e. The van der Waals surface area contributed by atoms with E-state index in [0.29, 0.717) is 16.3 Å². The lowest BCUT2D eigenvalue weighted by Crippen LogP contribution is -2.47. The highest BCUT2D eigenvalue weighted by atomic mass is 35.5. The molecule has 8 heteroatoms. The minimum Gasteiger partial charge on any atom is -0.371 e. The molecule has 0 spiro atoms. The van der Waals surface area contributed by atoms with Crippen molar-refractivity contribution < 1.29 is 14.4 Å². The van der Waals surface area contributed by atoms with Gasteiger partial charge in [-0.05, 0) is 67.3 Å². The maximum atomic E-state index is 12.9. The molecule has 1 atom stereocenters. The Hall–Kier alpha value is -3.06. The van der Waals surface area contributed by atoms with E-state index in [1.807, 2.05) is 38.1 Å². The number of nitrogens with two attached hydrogens (primary N) is 1. The lowest BCUT2D eigenvalue weighted by molar-refractivity contribution is -0.122. The van der Waals surface area contributed by atoms with Gasteiger partial charge in [0.1, 0.15) is 6.04 Å². The highest BCUT2D eigenvalue weighted by Crippen LogP contribution is 2.24. The molecule has 0 bridgehead atoms. The SMILES string of the molecule is CC(C)[C@@H](NC(=O)c1ccc(Cl)cc1)C(=O)Nc1ccc(N2CCC(C(N)=O)CC2)cc1. The molecule has 0 saturated carbocycles. The first kappa shape index (κ1) is 23.6. The molecular weight excluding hydrogens is 428 g/mol. The van der Waals surface area contributed by atoms with Gasteiger partial charge >= 0.3 is 0 Å². The van der Waals surface area contributed by atoms with Crippen LogP contribution in [0.3, 0.4) is 0 Å². The Morgan fingerprint density at radius 3 is 2.12 bits per heavy atom. The predicted octanol–water partition coefficient (Wildman–Crippen LogP) is 3.43. The summed E-state index contributed by atoms with van der Waals surface area (Å²) in [6.07, 6.45) is 1.49. The second kappa shape index (κ2) is 10.5. The van der Waals surface area contributed by atoms with Crippen molar-refractivity contribution in [1.82, 2.24) is 5.32 Å². The van der Waals surface area contributed by atoms with E-state index in [-0.39, 0.29) is 29.6 Å². The molecule has 2 aromatic carbocycles. The first-order valence-electron chi connectivity index (χ1n) is 10.8. The summed E-state index contributed by atoms with van der Waals surface area (Å²) < 4.78 is 0. The molecule has 0 unspecified atom stereocenters. The molecule has 7 nitrogen and oxygen atoms in total. The normalized spacial score (nSPS) is 15.3. The summed E-state index contributed by atoms with van der Waals surface area (Å²) in [6.45, 7) is 5.30. The van der Waals surface area contributed by atoms with E-state index in [2.05, 4.69) is 15.5 Å². The molecule has 32 heavy (non-hydrogen) atoms. The first-order valence-corrected chi connectivity index (χ1v) is 11.1. The average Bonchev–Trinajstić information content (AvgIpc) is 2.78. The maximum absolute atomic E-state index is 12.9. The number of hydrogen-bond donors (Lipinski definition) is 3. The number of carbonyl (C=O) groups excluding carboxylic acids is 3. The van der Waals surface area contributed by atoms with E-state index in [0.717, 1.165) is 31.6 Å². The van der Waals surface area contributed by atoms with Gasteiger partial charge in [-0.1, -0.05) is 25.4 Å². The molecule has 2 aromatic rings. The molecule has 1 heterocycles. The van der Waals surface area contributed by atoms with Crippen molar-refractivity contribution in [1.29, 1.82) is 0 Å². The minimum absolute atomic E-state index is 0.0548. The summed E-state index contributed by atoms with van der Waals surface area (Å²) in [7, 11) is 0. The number of nitrogens with one attached hydrogen (secondary N) is 2. The van der Waals surface area contributed by atoms with Crippen molar-refractivity contribution in [2.24, 2.45) is 17.6 Å². The molecular formula is C24H29ClN4O3. The molecule has 4 N–H and O–H groups in total. The zero-order valence-electron chi connectivity index (χ0n) is 18.3. The summed E-state index contributed by atoms with van der Waals surface area (Å²) in [4.78, 5) is 38.9. The van der Waals surface area contributed by atoms with E-state index >= 15 is 0 Å². The third-order valence-electron chi connectivity index (χ3n) is 5.74. The number of rotatable bonds is 7. The van der Waals surface area contributed by atoms with Crippen LogP contribution in [0.4, 0.5) is 11.4 Å². The van der Waals surface area contributed by atoms with Crippen molar-refractivity contribution in [3.63, 3.8) is 0 Å². The number of halogens is 1. The van der Waals surface area contributed by atoms with Crippen LogP contribution in [0.1, 0.15) is 37.0 Å². The second-order valence-electron chi connectivity index (χ2n) is 8.40. The second-order valence-corrected chi connectivity index (χ2v) is 8.84. The summed E-state index contributed by atoms with van der Waals surface area (Å²) in [5.41, 5.74) is 7.53. The van der Waals surface area contributed by atoms with Gasteiger partial charge in [0.15, 0.2) is 0 Å². The number of primary amides is 1. The Labute approximate surface area is 193 Å². The van der Waals surface area contributed by atoms with Crippen molar-refractivity contribution in [2.45, 2.75) is 32.7 Å². The van der Waals surface area contributed by atoms with Crippen LogP contribution in [0.5, 0.6) is 0 Å². The van der Waals surface area contributed by atoms with Gasteiger partial charge in [-0.15, -0.1) is 0 Å². The Kier molecular flexibility index (Phi) is 7.75. The van der Waals surface area contributed by atoms with Gasteiger partial charge in [-0.25, -0.2) is 0 Å². The molecule has 3 amide bonds. The van der Waals surface area contributed by atoms with E-state index in [1.54, 1.807) is 24.3 Å². The van der Waals surface area contributed by atoms with Crippen molar-refractivity contribution in [3.05, 3.63) is 59.1 Å². The van der Waals surface area contributed by atoms with E-state index in [1.165, 1.54) is 0 Å². The number of anilines is 2. The lowest BCUT2D eigenvalue weighted by atomic mass is 9.96. The number of piperidine rings is 1. The summed E-state index contributed by atoms with van der Waals surface area (Å²) in [5.74, 6) is -0.994. The third kappa shape index (κ3) is 6.01. The molecule has 1 aliphatic rings. The number of amides is 3. The van der Waals surface area contributed by atoms with Crippen LogP contribution in [-0.2, 0) is 9.59 Å². The van der Waals surface area contributed by atoms with Gasteiger partial charge in [-0.2, -0.15) is 0 Å². The third-order valence-corrected chi connectivity index (χ3v) is 5.99. The van der Waals surface area contributed by atoms with Crippen molar-refractivity contribution in [3.8, 4) is 0 Å². The molecule has 1 fully saturated rings. The Morgan fingerprint density at radius 2 is 1.59 bits per heavy atom. The van der Waals surface area contributed by atoms with Gasteiger partial charge in [0.25, 0.3) is 5.91 Å². The predicted molar refractivity (Wildman–Crippen MR) is 127 cm³/mol. The zero-order chi connectivity index (χ0) is 23.3. The zero-order valence-corrected chi connectivity index (χ0v) is 19.1. The van der Waals surface area contributed by atoms with Crippen LogP contribution in [0.25, 0.3) is 0 Å². The smallest absolute Gasteiger partial charge is 0.251 e. The standard InChI is InChI=1S/C24H29ClN4O3/c1-15(2)21(28-23(31)17-3-5-18(25)6-4-17)24(32)27-19-7-9-20(10-8-19)29-13-11-16(12-14-29)22(26)30/h3-10,15-16,21H,11-14H2,1-2H3,(H2,26,30)(H,27,32)(H,28,31)/t21-/m1/s1. The molecule has 1 saturated heterocycles. The molecule has 0 radical (unpaired) electrons. The van der Waals surface area contributed by atoms with Gasteiger partial charge in [0, 0.05) is 41.0 Å². The lowest BCUT2D eigenvalue weighted by Gasteiger charge is -2.32. The fourth-order valence-corrected chi connectivity index (χ4v) is 3.88. The van der Waals surface area contributed by atoms with Gasteiger partial charge < -0.3 is 21.3 Å². The molecule has 0 aliphatic carbocycles. The Balaban J connectivity index is 1.60. The minimum atomic E-state index is -0.689. The molecule has 3 rings (SSSR count).